The van der Waals surface area contributed by atoms with Crippen LogP contribution >= 0.6 is 0 Å². The van der Waals surface area contributed by atoms with Crippen LogP contribution in [0.2, 0.25) is 0 Å². The standard InChI is InChI=1S/C9H16O3/c1-2-3-9(10)12-5-4-8-6-11-7-8/h8H,2-7H2,1H3. The lowest BCUT2D eigenvalue weighted by Crippen LogP contribution is -2.28. The Labute approximate surface area is 73.0 Å². The van der Waals surface area contributed by atoms with Gasteiger partial charge in [0.1, 0.15) is 0 Å². The molecule has 0 radical (unpaired) electrons. The van der Waals surface area contributed by atoms with Crippen molar-refractivity contribution in [2.45, 2.75) is 26.2 Å². The number of hydrogen-bond acceptors (Lipinski definition) is 3. The predicted octanol–water partition coefficient (Wildman–Crippen LogP) is 1.37. The molecule has 0 aliphatic carbocycles. The number of hydrogen-bond donors (Lipinski definition) is 0. The van der Waals surface area contributed by atoms with Crippen LogP contribution in [-0.4, -0.2) is 25.8 Å². The minimum Gasteiger partial charge on any atom is -0.466 e. The van der Waals surface area contributed by atoms with Gasteiger partial charge in [-0.1, -0.05) is 6.92 Å². The molecular formula is C9H16O3. The normalized spacial score (nSPS) is 17.1. The first kappa shape index (κ1) is 9.52. The monoisotopic (exact) mass is 172 g/mol. The Bertz CT molecular complexity index is 141. The van der Waals surface area contributed by atoms with Crippen LogP contribution < -0.4 is 0 Å². The summed E-state index contributed by atoms with van der Waals surface area (Å²) in [5, 5.41) is 0. The van der Waals surface area contributed by atoms with Crippen molar-refractivity contribution in [3.8, 4) is 0 Å². The highest BCUT2D eigenvalue weighted by Gasteiger charge is 2.18. The van der Waals surface area contributed by atoms with Gasteiger partial charge in [0.15, 0.2) is 0 Å². The summed E-state index contributed by atoms with van der Waals surface area (Å²) in [6, 6.07) is 0. The molecular weight excluding hydrogens is 156 g/mol. The van der Waals surface area contributed by atoms with E-state index < -0.39 is 0 Å². The molecule has 0 atom stereocenters. The zero-order valence-corrected chi connectivity index (χ0v) is 7.54. The van der Waals surface area contributed by atoms with Crippen LogP contribution in [0.15, 0.2) is 0 Å². The average Bonchev–Trinajstić information content (AvgIpc) is 1.95. The molecule has 0 bridgehead atoms. The van der Waals surface area contributed by atoms with E-state index in [1.165, 1.54) is 0 Å². The van der Waals surface area contributed by atoms with E-state index in [4.69, 9.17) is 9.47 Å². The van der Waals surface area contributed by atoms with Crippen LogP contribution in [0.3, 0.4) is 0 Å². The van der Waals surface area contributed by atoms with Crippen molar-refractivity contribution in [2.75, 3.05) is 19.8 Å². The Kier molecular flexibility index (Phi) is 4.08. The maximum absolute atomic E-state index is 10.9. The molecule has 1 heterocycles. The summed E-state index contributed by atoms with van der Waals surface area (Å²) in [7, 11) is 0. The SMILES string of the molecule is CCCC(=O)OCCC1COC1. The largest absolute Gasteiger partial charge is 0.466 e. The van der Waals surface area contributed by atoms with E-state index in [1.807, 2.05) is 6.92 Å². The molecule has 1 aliphatic heterocycles. The molecule has 70 valence electrons. The quantitative estimate of drug-likeness (QED) is 0.587. The highest BCUT2D eigenvalue weighted by Crippen LogP contribution is 2.13. The zero-order valence-electron chi connectivity index (χ0n) is 7.54. The Hall–Kier alpha value is -0.570. The van der Waals surface area contributed by atoms with Crippen LogP contribution in [0.4, 0.5) is 0 Å². The fourth-order valence-electron chi connectivity index (χ4n) is 1.07. The Balaban J connectivity index is 1.90. The third-order valence-electron chi connectivity index (χ3n) is 1.95. The first-order chi connectivity index (χ1) is 5.83. The van der Waals surface area contributed by atoms with Gasteiger partial charge >= 0.3 is 5.97 Å². The fourth-order valence-corrected chi connectivity index (χ4v) is 1.07. The Morgan fingerprint density at radius 3 is 2.83 bits per heavy atom. The molecule has 0 aromatic heterocycles. The second-order valence-corrected chi connectivity index (χ2v) is 3.16. The van der Waals surface area contributed by atoms with Crippen LogP contribution in [-0.2, 0) is 14.3 Å². The van der Waals surface area contributed by atoms with Gasteiger partial charge in [0.05, 0.1) is 19.8 Å². The van der Waals surface area contributed by atoms with Crippen molar-refractivity contribution in [3.63, 3.8) is 0 Å². The molecule has 0 saturated carbocycles. The zero-order chi connectivity index (χ0) is 8.81. The highest BCUT2D eigenvalue weighted by atomic mass is 16.5. The molecule has 1 fully saturated rings. The van der Waals surface area contributed by atoms with E-state index in [-0.39, 0.29) is 5.97 Å². The minimum absolute atomic E-state index is 0.0715. The first-order valence-electron chi connectivity index (χ1n) is 4.56. The molecule has 3 nitrogen and oxygen atoms in total. The average molecular weight is 172 g/mol. The summed E-state index contributed by atoms with van der Waals surface area (Å²) in [4.78, 5) is 10.9. The van der Waals surface area contributed by atoms with Gasteiger partial charge in [-0.3, -0.25) is 4.79 Å². The number of carbonyl (C=O) groups is 1. The van der Waals surface area contributed by atoms with Crippen LogP contribution in [0.1, 0.15) is 26.2 Å². The molecule has 1 rings (SSSR count). The second-order valence-electron chi connectivity index (χ2n) is 3.16. The summed E-state index contributed by atoms with van der Waals surface area (Å²) in [5.74, 6) is 0.553. The molecule has 0 aromatic rings. The van der Waals surface area contributed by atoms with Crippen LogP contribution in [0, 0.1) is 5.92 Å². The van der Waals surface area contributed by atoms with Crippen LogP contribution in [0.5, 0.6) is 0 Å². The summed E-state index contributed by atoms with van der Waals surface area (Å²) in [6.07, 6.45) is 2.36. The van der Waals surface area contributed by atoms with Crippen molar-refractivity contribution in [2.24, 2.45) is 5.92 Å². The lowest BCUT2D eigenvalue weighted by molar-refractivity contribution is -0.145. The van der Waals surface area contributed by atoms with Crippen molar-refractivity contribution in [1.29, 1.82) is 0 Å². The lowest BCUT2D eigenvalue weighted by atomic mass is 10.1. The third-order valence-corrected chi connectivity index (χ3v) is 1.95. The maximum Gasteiger partial charge on any atom is 0.305 e. The van der Waals surface area contributed by atoms with Gasteiger partial charge in [-0.15, -0.1) is 0 Å². The summed E-state index contributed by atoms with van der Waals surface area (Å²) in [5.41, 5.74) is 0. The smallest absolute Gasteiger partial charge is 0.305 e. The van der Waals surface area contributed by atoms with Gasteiger partial charge in [-0.2, -0.15) is 0 Å². The van der Waals surface area contributed by atoms with Crippen molar-refractivity contribution in [3.05, 3.63) is 0 Å². The van der Waals surface area contributed by atoms with E-state index in [2.05, 4.69) is 0 Å². The molecule has 3 heteroatoms. The van der Waals surface area contributed by atoms with Gasteiger partial charge < -0.3 is 9.47 Å². The van der Waals surface area contributed by atoms with Gasteiger partial charge in [-0.05, 0) is 12.8 Å². The molecule has 12 heavy (non-hydrogen) atoms. The van der Waals surface area contributed by atoms with Crippen LogP contribution in [0.25, 0.3) is 0 Å². The minimum atomic E-state index is -0.0715. The first-order valence-corrected chi connectivity index (χ1v) is 4.56. The number of esters is 1. The summed E-state index contributed by atoms with van der Waals surface area (Å²) < 4.78 is 9.99. The van der Waals surface area contributed by atoms with E-state index in [0.717, 1.165) is 26.1 Å². The molecule has 0 spiro atoms. The van der Waals surface area contributed by atoms with Gasteiger partial charge in [0.25, 0.3) is 0 Å². The van der Waals surface area contributed by atoms with Gasteiger partial charge in [0.2, 0.25) is 0 Å². The summed E-state index contributed by atoms with van der Waals surface area (Å²) in [6.45, 7) is 4.21. The van der Waals surface area contributed by atoms with Gasteiger partial charge in [0, 0.05) is 12.3 Å². The molecule has 0 amide bonds. The maximum atomic E-state index is 10.9. The second kappa shape index (κ2) is 5.14. The van der Waals surface area contributed by atoms with E-state index in [1.54, 1.807) is 0 Å². The molecule has 1 aliphatic rings. The van der Waals surface area contributed by atoms with Crippen molar-refractivity contribution < 1.29 is 14.3 Å². The fraction of sp³-hybridized carbons (Fsp3) is 0.889. The van der Waals surface area contributed by atoms with Crippen molar-refractivity contribution >= 4 is 5.97 Å². The molecule has 0 unspecified atom stereocenters. The lowest BCUT2D eigenvalue weighted by Gasteiger charge is -2.25. The van der Waals surface area contributed by atoms with Gasteiger partial charge in [-0.25, -0.2) is 0 Å². The molecule has 1 saturated heterocycles. The molecule has 0 aromatic carbocycles. The topological polar surface area (TPSA) is 35.5 Å². The number of carbonyl (C=O) groups excluding carboxylic acids is 1. The van der Waals surface area contributed by atoms with Crippen molar-refractivity contribution in [1.82, 2.24) is 0 Å². The molecule has 0 N–H and O–H groups in total. The summed E-state index contributed by atoms with van der Waals surface area (Å²) >= 11 is 0. The van der Waals surface area contributed by atoms with E-state index >= 15 is 0 Å². The van der Waals surface area contributed by atoms with E-state index in [9.17, 15) is 4.79 Å². The Morgan fingerprint density at radius 1 is 1.58 bits per heavy atom. The predicted molar refractivity (Wildman–Crippen MR) is 44.8 cm³/mol. The highest BCUT2D eigenvalue weighted by molar-refractivity contribution is 5.69. The number of ether oxygens (including phenoxy) is 2. The number of rotatable bonds is 5. The van der Waals surface area contributed by atoms with E-state index in [0.29, 0.717) is 18.9 Å². The third kappa shape index (κ3) is 3.22. The Morgan fingerprint density at radius 2 is 2.33 bits per heavy atom.